The van der Waals surface area contributed by atoms with E-state index in [1.807, 2.05) is 0 Å². The van der Waals surface area contributed by atoms with Crippen LogP contribution in [0.1, 0.15) is 25.7 Å². The van der Waals surface area contributed by atoms with Gasteiger partial charge >= 0.3 is 107 Å². The number of ether oxygens (including phenoxy) is 2. The van der Waals surface area contributed by atoms with Gasteiger partial charge in [0.2, 0.25) is 0 Å². The standard InChI is InChI=1S/C13H16O2.W/c1-14-8-11-12(9-4-2-3-5-9)10-6-7-15-13(10)11;/h4,10,13H,2-3,5-7H2,1H3;. The van der Waals surface area contributed by atoms with Crippen LogP contribution >= 0.6 is 0 Å². The summed E-state index contributed by atoms with van der Waals surface area (Å²) < 4.78 is 12.4. The SMILES string of the molecule is CO[C](=[W])C1=C(C2=CCCC2)C2CCOC12. The Morgan fingerprint density at radius 1 is 1.56 bits per heavy atom. The van der Waals surface area contributed by atoms with Crippen LogP contribution < -0.4 is 0 Å². The number of allylic oxidation sites excluding steroid dienone is 2. The van der Waals surface area contributed by atoms with Gasteiger partial charge in [-0.05, 0) is 0 Å². The van der Waals surface area contributed by atoms with Crippen LogP contribution in [-0.4, -0.2) is 23.9 Å². The zero-order chi connectivity index (χ0) is 11.1. The van der Waals surface area contributed by atoms with Gasteiger partial charge in [-0.1, -0.05) is 0 Å². The molecule has 0 bridgehead atoms. The van der Waals surface area contributed by atoms with Crippen molar-refractivity contribution < 1.29 is 28.8 Å². The third-order valence-electron chi connectivity index (χ3n) is 3.83. The van der Waals surface area contributed by atoms with Crippen molar-refractivity contribution in [1.82, 2.24) is 0 Å². The van der Waals surface area contributed by atoms with Gasteiger partial charge in [0.15, 0.2) is 0 Å². The average molecular weight is 388 g/mol. The number of fused-ring (bicyclic) bond motifs is 1. The molecule has 0 aromatic rings. The molecule has 1 saturated heterocycles. The van der Waals surface area contributed by atoms with Crippen molar-refractivity contribution in [1.29, 1.82) is 0 Å². The molecule has 3 aliphatic rings. The molecule has 1 fully saturated rings. The van der Waals surface area contributed by atoms with Gasteiger partial charge in [0.25, 0.3) is 0 Å². The molecule has 1 aliphatic heterocycles. The van der Waals surface area contributed by atoms with E-state index < -0.39 is 0 Å². The molecular formula is C13H16O2W. The first-order valence-corrected chi connectivity index (χ1v) is 7.43. The second kappa shape index (κ2) is 4.33. The van der Waals surface area contributed by atoms with E-state index in [2.05, 4.69) is 6.08 Å². The summed E-state index contributed by atoms with van der Waals surface area (Å²) >= 11 is 1.41. The summed E-state index contributed by atoms with van der Waals surface area (Å²) in [5.41, 5.74) is 4.54. The van der Waals surface area contributed by atoms with E-state index >= 15 is 0 Å². The third kappa shape index (κ3) is 1.54. The van der Waals surface area contributed by atoms with Crippen molar-refractivity contribution in [3.05, 3.63) is 22.8 Å². The molecule has 3 heteroatoms. The fourth-order valence-corrected chi connectivity index (χ4v) is 3.90. The molecule has 2 unspecified atom stereocenters. The van der Waals surface area contributed by atoms with Crippen molar-refractivity contribution in [3.8, 4) is 0 Å². The first kappa shape index (κ1) is 11.1. The maximum absolute atomic E-state index is 5.80. The fourth-order valence-electron chi connectivity index (χ4n) is 3.09. The molecule has 0 spiro atoms. The molecule has 0 aromatic heterocycles. The van der Waals surface area contributed by atoms with Crippen LogP contribution in [-0.2, 0) is 28.8 Å². The fraction of sp³-hybridized carbons (Fsp3) is 0.615. The van der Waals surface area contributed by atoms with Crippen molar-refractivity contribution in [3.63, 3.8) is 0 Å². The molecule has 2 atom stereocenters. The van der Waals surface area contributed by atoms with Gasteiger partial charge in [-0.3, -0.25) is 0 Å². The molecule has 16 heavy (non-hydrogen) atoms. The van der Waals surface area contributed by atoms with Crippen molar-refractivity contribution in [2.45, 2.75) is 31.8 Å². The number of rotatable bonds is 3. The Morgan fingerprint density at radius 3 is 3.12 bits per heavy atom. The normalized spacial score (nSPS) is 32.4. The quantitative estimate of drug-likeness (QED) is 0.738. The van der Waals surface area contributed by atoms with Crippen LogP contribution in [0.5, 0.6) is 0 Å². The van der Waals surface area contributed by atoms with Gasteiger partial charge in [0.1, 0.15) is 0 Å². The molecule has 0 amide bonds. The molecule has 0 radical (unpaired) electrons. The second-order valence-corrected chi connectivity index (χ2v) is 5.96. The molecule has 2 nitrogen and oxygen atoms in total. The molecule has 2 aliphatic carbocycles. The van der Waals surface area contributed by atoms with E-state index in [4.69, 9.17) is 9.47 Å². The van der Waals surface area contributed by atoms with Crippen LogP contribution in [0.4, 0.5) is 0 Å². The first-order valence-electron chi connectivity index (χ1n) is 5.96. The van der Waals surface area contributed by atoms with E-state index in [0.29, 0.717) is 12.0 Å². The summed E-state index contributed by atoms with van der Waals surface area (Å²) in [6, 6.07) is 0. The monoisotopic (exact) mass is 388 g/mol. The van der Waals surface area contributed by atoms with Crippen LogP contribution in [0.15, 0.2) is 22.8 Å². The van der Waals surface area contributed by atoms with Gasteiger partial charge in [0, 0.05) is 0 Å². The summed E-state index contributed by atoms with van der Waals surface area (Å²) in [6.07, 6.45) is 7.81. The first-order chi connectivity index (χ1) is 7.83. The van der Waals surface area contributed by atoms with Crippen LogP contribution in [0.2, 0.25) is 0 Å². The summed E-state index contributed by atoms with van der Waals surface area (Å²) in [5.74, 6) is 0.670. The van der Waals surface area contributed by atoms with E-state index in [1.165, 1.54) is 50.6 Å². The Labute approximate surface area is 107 Å². The average Bonchev–Trinajstić information content (AvgIpc) is 2.90. The molecule has 86 valence electrons. The van der Waals surface area contributed by atoms with Crippen LogP contribution in [0, 0.1) is 5.92 Å². The van der Waals surface area contributed by atoms with Gasteiger partial charge in [-0.2, -0.15) is 0 Å². The molecule has 0 saturated carbocycles. The molecule has 3 rings (SSSR count). The van der Waals surface area contributed by atoms with Crippen LogP contribution in [0.3, 0.4) is 0 Å². The molecule has 0 N–H and O–H groups in total. The number of hydrogen-bond acceptors (Lipinski definition) is 2. The third-order valence-corrected chi connectivity index (χ3v) is 5.22. The van der Waals surface area contributed by atoms with E-state index in [9.17, 15) is 0 Å². The van der Waals surface area contributed by atoms with Crippen molar-refractivity contribution >= 4 is 4.08 Å². The van der Waals surface area contributed by atoms with E-state index in [1.54, 1.807) is 18.3 Å². The Morgan fingerprint density at radius 2 is 2.44 bits per heavy atom. The molecule has 0 aromatic carbocycles. The van der Waals surface area contributed by atoms with E-state index in [-0.39, 0.29) is 0 Å². The summed E-state index contributed by atoms with van der Waals surface area (Å²) in [7, 11) is 1.78. The van der Waals surface area contributed by atoms with Crippen LogP contribution in [0.25, 0.3) is 0 Å². The Bertz CT molecular complexity index is 395. The minimum atomic E-state index is 0.351. The minimum absolute atomic E-state index is 0.351. The molecular weight excluding hydrogens is 372 g/mol. The number of hydrogen-bond donors (Lipinski definition) is 0. The second-order valence-electron chi connectivity index (χ2n) is 4.63. The van der Waals surface area contributed by atoms with Crippen molar-refractivity contribution in [2.24, 2.45) is 5.92 Å². The Kier molecular flexibility index (Phi) is 2.99. The predicted molar refractivity (Wildman–Crippen MR) is 58.8 cm³/mol. The Balaban J connectivity index is 1.97. The Hall–Kier alpha value is -0.0417. The van der Waals surface area contributed by atoms with Gasteiger partial charge in [-0.15, -0.1) is 0 Å². The summed E-state index contributed by atoms with van der Waals surface area (Å²) in [4.78, 5) is 0. The van der Waals surface area contributed by atoms with Gasteiger partial charge < -0.3 is 0 Å². The zero-order valence-corrected chi connectivity index (χ0v) is 12.4. The van der Waals surface area contributed by atoms with E-state index in [0.717, 1.165) is 10.7 Å². The number of methoxy groups -OCH3 is 1. The zero-order valence-electron chi connectivity index (χ0n) is 9.49. The topological polar surface area (TPSA) is 18.5 Å². The summed E-state index contributed by atoms with van der Waals surface area (Å²) in [5, 5.41) is 0. The predicted octanol–water partition coefficient (Wildman–Crippen LogP) is 2.14. The molecule has 1 heterocycles. The maximum atomic E-state index is 5.80. The summed E-state index contributed by atoms with van der Waals surface area (Å²) in [6.45, 7) is 0.919. The van der Waals surface area contributed by atoms with Gasteiger partial charge in [0.05, 0.1) is 0 Å². The van der Waals surface area contributed by atoms with Crippen molar-refractivity contribution in [2.75, 3.05) is 13.7 Å². The van der Waals surface area contributed by atoms with Gasteiger partial charge in [-0.25, -0.2) is 0 Å².